The van der Waals surface area contributed by atoms with Crippen molar-refractivity contribution in [3.05, 3.63) is 47.3 Å². The molecule has 94 valence electrons. The molecule has 4 nitrogen and oxygen atoms in total. The number of nitrogens with one attached hydrogen (secondary N) is 1. The molecule has 1 unspecified atom stereocenters. The number of nitrogens with zero attached hydrogens (tertiary/aromatic N) is 1. The molecule has 0 saturated carbocycles. The summed E-state index contributed by atoms with van der Waals surface area (Å²) in [6, 6.07) is 7.90. The molecule has 0 saturated heterocycles. The first-order valence-electron chi connectivity index (χ1n) is 6.12. The smallest absolute Gasteiger partial charge is 0.123 e. The van der Waals surface area contributed by atoms with Crippen LogP contribution in [0.1, 0.15) is 36.7 Å². The zero-order valence-electron chi connectivity index (χ0n) is 10.6. The highest BCUT2D eigenvalue weighted by atomic mass is 16.5. The lowest BCUT2D eigenvalue weighted by Crippen LogP contribution is -2.24. The molecule has 0 amide bonds. The fraction of sp³-hybridized carbons (Fsp3) is 0.357. The van der Waals surface area contributed by atoms with E-state index in [2.05, 4.69) is 30.1 Å². The van der Waals surface area contributed by atoms with E-state index in [4.69, 9.17) is 10.5 Å². The fourth-order valence-electron chi connectivity index (χ4n) is 2.44. The Morgan fingerprint density at radius 1 is 1.39 bits per heavy atom. The van der Waals surface area contributed by atoms with Crippen molar-refractivity contribution < 1.29 is 4.74 Å². The molecule has 2 aromatic rings. The minimum Gasteiger partial charge on any atom is -0.487 e. The summed E-state index contributed by atoms with van der Waals surface area (Å²) in [6.07, 6.45) is 2.64. The van der Waals surface area contributed by atoms with Gasteiger partial charge >= 0.3 is 0 Å². The van der Waals surface area contributed by atoms with Crippen LogP contribution in [0.25, 0.3) is 0 Å². The summed E-state index contributed by atoms with van der Waals surface area (Å²) in [5.41, 5.74) is 9.33. The highest BCUT2D eigenvalue weighted by molar-refractivity contribution is 5.43. The minimum absolute atomic E-state index is 0.112. The van der Waals surface area contributed by atoms with Crippen LogP contribution in [-0.4, -0.2) is 15.8 Å². The van der Waals surface area contributed by atoms with Gasteiger partial charge in [-0.25, -0.2) is 0 Å². The summed E-state index contributed by atoms with van der Waals surface area (Å²) in [4.78, 5) is 0. The molecule has 1 aliphatic rings. The van der Waals surface area contributed by atoms with E-state index in [1.807, 2.05) is 18.2 Å². The Balaban J connectivity index is 1.93. The van der Waals surface area contributed by atoms with Gasteiger partial charge in [-0.2, -0.15) is 5.10 Å². The number of nitrogens with two attached hydrogens (primary N) is 1. The van der Waals surface area contributed by atoms with Gasteiger partial charge in [-0.05, 0) is 43.2 Å². The summed E-state index contributed by atoms with van der Waals surface area (Å²) in [5.74, 6) is 0.973. The van der Waals surface area contributed by atoms with Crippen LogP contribution in [0.3, 0.4) is 0 Å². The number of H-pyrrole nitrogens is 1. The van der Waals surface area contributed by atoms with Crippen molar-refractivity contribution in [2.45, 2.75) is 31.9 Å². The van der Waals surface area contributed by atoms with Crippen LogP contribution in [0, 0.1) is 0 Å². The van der Waals surface area contributed by atoms with Crippen LogP contribution in [-0.2, 0) is 6.42 Å². The number of rotatable bonds is 2. The van der Waals surface area contributed by atoms with E-state index in [1.54, 1.807) is 6.20 Å². The van der Waals surface area contributed by atoms with Crippen molar-refractivity contribution in [3.8, 4) is 5.75 Å². The molecule has 1 aromatic heterocycles. The van der Waals surface area contributed by atoms with Crippen molar-refractivity contribution >= 4 is 0 Å². The van der Waals surface area contributed by atoms with Gasteiger partial charge in [0.25, 0.3) is 0 Å². The van der Waals surface area contributed by atoms with Crippen LogP contribution in [0.4, 0.5) is 0 Å². The van der Waals surface area contributed by atoms with Crippen LogP contribution < -0.4 is 10.5 Å². The van der Waals surface area contributed by atoms with Crippen molar-refractivity contribution in [3.63, 3.8) is 0 Å². The van der Waals surface area contributed by atoms with Crippen molar-refractivity contribution in [1.29, 1.82) is 0 Å². The third kappa shape index (κ3) is 1.88. The van der Waals surface area contributed by atoms with Gasteiger partial charge in [0.15, 0.2) is 0 Å². The quantitative estimate of drug-likeness (QED) is 0.849. The first kappa shape index (κ1) is 11.3. The highest BCUT2D eigenvalue weighted by Crippen LogP contribution is 2.36. The van der Waals surface area contributed by atoms with Crippen molar-refractivity contribution in [2.24, 2.45) is 5.73 Å². The van der Waals surface area contributed by atoms with E-state index in [1.165, 1.54) is 5.56 Å². The lowest BCUT2D eigenvalue weighted by atomic mass is 9.97. The van der Waals surface area contributed by atoms with E-state index >= 15 is 0 Å². The number of aromatic nitrogens is 2. The summed E-state index contributed by atoms with van der Waals surface area (Å²) < 4.78 is 5.86. The number of aromatic amines is 1. The number of hydrogen-bond acceptors (Lipinski definition) is 3. The van der Waals surface area contributed by atoms with Gasteiger partial charge in [-0.15, -0.1) is 0 Å². The number of ether oxygens (including phenoxy) is 1. The van der Waals surface area contributed by atoms with Crippen molar-refractivity contribution in [2.75, 3.05) is 0 Å². The van der Waals surface area contributed by atoms with Gasteiger partial charge in [0, 0.05) is 12.6 Å². The molecule has 0 radical (unpaired) electrons. The van der Waals surface area contributed by atoms with Crippen LogP contribution >= 0.6 is 0 Å². The molecule has 1 atom stereocenters. The Bertz CT molecular complexity index is 560. The lowest BCUT2D eigenvalue weighted by molar-refractivity contribution is 0.138. The molecule has 1 aromatic carbocycles. The number of benzene rings is 1. The van der Waals surface area contributed by atoms with Crippen LogP contribution in [0.15, 0.2) is 30.5 Å². The van der Waals surface area contributed by atoms with E-state index in [-0.39, 0.29) is 11.6 Å². The predicted octanol–water partition coefficient (Wildman–Crippen LogP) is 2.17. The zero-order valence-corrected chi connectivity index (χ0v) is 10.6. The summed E-state index contributed by atoms with van der Waals surface area (Å²) in [7, 11) is 0. The molecule has 0 fully saturated rings. The zero-order chi connectivity index (χ0) is 12.8. The largest absolute Gasteiger partial charge is 0.487 e. The Kier molecular flexibility index (Phi) is 2.41. The molecule has 18 heavy (non-hydrogen) atoms. The highest BCUT2D eigenvalue weighted by Gasteiger charge is 2.30. The second kappa shape index (κ2) is 3.85. The van der Waals surface area contributed by atoms with E-state index in [9.17, 15) is 0 Å². The molecule has 2 heterocycles. The molecule has 0 aliphatic carbocycles. The standard InChI is InChI=1S/C14H17N3O/c1-14(2)8-10-7-9(3-4-12(10)18-14)13(15)11-5-6-16-17-11/h3-7,13H,8,15H2,1-2H3,(H,16,17). The number of fused-ring (bicyclic) bond motifs is 1. The maximum atomic E-state index is 6.21. The first-order chi connectivity index (χ1) is 8.55. The van der Waals surface area contributed by atoms with Crippen LogP contribution in [0.2, 0.25) is 0 Å². The van der Waals surface area contributed by atoms with E-state index in [0.717, 1.165) is 23.4 Å². The van der Waals surface area contributed by atoms with Crippen molar-refractivity contribution in [1.82, 2.24) is 10.2 Å². The average molecular weight is 243 g/mol. The minimum atomic E-state index is -0.165. The topological polar surface area (TPSA) is 63.9 Å². The fourth-order valence-corrected chi connectivity index (χ4v) is 2.44. The van der Waals surface area contributed by atoms with Gasteiger partial charge in [-0.1, -0.05) is 6.07 Å². The van der Waals surface area contributed by atoms with E-state index in [0.29, 0.717) is 0 Å². The molecule has 1 aliphatic heterocycles. The third-order valence-corrected chi connectivity index (χ3v) is 3.30. The molecular weight excluding hydrogens is 226 g/mol. The van der Waals surface area contributed by atoms with Gasteiger partial charge in [-0.3, -0.25) is 5.10 Å². The predicted molar refractivity (Wildman–Crippen MR) is 69.5 cm³/mol. The van der Waals surface area contributed by atoms with Gasteiger partial charge in [0.2, 0.25) is 0 Å². The molecule has 3 rings (SSSR count). The Labute approximate surface area is 106 Å². The van der Waals surface area contributed by atoms with Gasteiger partial charge in [0.05, 0.1) is 11.7 Å². The summed E-state index contributed by atoms with van der Waals surface area (Å²) >= 11 is 0. The molecule has 4 heteroatoms. The first-order valence-corrected chi connectivity index (χ1v) is 6.12. The number of hydrogen-bond donors (Lipinski definition) is 2. The molecular formula is C14H17N3O. The van der Waals surface area contributed by atoms with Gasteiger partial charge < -0.3 is 10.5 Å². The monoisotopic (exact) mass is 243 g/mol. The summed E-state index contributed by atoms with van der Waals surface area (Å²) in [6.45, 7) is 4.20. The Morgan fingerprint density at radius 2 is 2.22 bits per heavy atom. The normalized spacial score (nSPS) is 18.2. The second-order valence-electron chi connectivity index (χ2n) is 5.40. The summed E-state index contributed by atoms with van der Waals surface area (Å²) in [5, 5.41) is 6.85. The molecule has 3 N–H and O–H groups in total. The maximum Gasteiger partial charge on any atom is 0.123 e. The second-order valence-corrected chi connectivity index (χ2v) is 5.40. The maximum absolute atomic E-state index is 6.21. The SMILES string of the molecule is CC1(C)Cc2cc(C(N)c3ccn[nH]3)ccc2O1. The lowest BCUT2D eigenvalue weighted by Gasteiger charge is -2.16. The van der Waals surface area contributed by atoms with Gasteiger partial charge in [0.1, 0.15) is 11.4 Å². The van der Waals surface area contributed by atoms with Crippen LogP contribution in [0.5, 0.6) is 5.75 Å². The molecule has 0 bridgehead atoms. The average Bonchev–Trinajstić information content (AvgIpc) is 2.91. The third-order valence-electron chi connectivity index (χ3n) is 3.30. The Hall–Kier alpha value is -1.81. The van der Waals surface area contributed by atoms with E-state index < -0.39 is 0 Å². The Morgan fingerprint density at radius 3 is 2.94 bits per heavy atom. The molecule has 0 spiro atoms.